The molecule has 3 aromatic carbocycles. The molecular weight excluding hydrogens is 578 g/mol. The van der Waals surface area contributed by atoms with Gasteiger partial charge in [0.05, 0.1) is 26.2 Å². The molecule has 0 aliphatic rings. The molecule has 2 amide bonds. The number of hydrogen-bond acceptors (Lipinski definition) is 6. The molecule has 1 atom stereocenters. The monoisotopic (exact) mass is 615 g/mol. The lowest BCUT2D eigenvalue weighted by atomic mass is 10.0. The van der Waals surface area contributed by atoms with Crippen molar-refractivity contribution >= 4 is 39.1 Å². The second kappa shape index (κ2) is 13.9. The molecule has 0 aliphatic heterocycles. The highest BCUT2D eigenvalue weighted by atomic mass is 35.5. The molecule has 42 heavy (non-hydrogen) atoms. The number of methoxy groups -OCH3 is 2. The first-order chi connectivity index (χ1) is 19.7. The number of nitrogens with zero attached hydrogens (tertiary/aromatic N) is 2. The highest BCUT2D eigenvalue weighted by molar-refractivity contribution is 7.92. The summed E-state index contributed by atoms with van der Waals surface area (Å²) < 4.78 is 37.7. The molecule has 9 nitrogen and oxygen atoms in total. The van der Waals surface area contributed by atoms with E-state index in [1.54, 1.807) is 30.3 Å². The first kappa shape index (κ1) is 32.8. The number of hydrogen-bond donors (Lipinski definition) is 1. The number of ether oxygens (including phenoxy) is 2. The van der Waals surface area contributed by atoms with E-state index >= 15 is 0 Å². The van der Waals surface area contributed by atoms with E-state index in [1.807, 2.05) is 51.1 Å². The molecule has 0 aromatic heterocycles. The van der Waals surface area contributed by atoms with Gasteiger partial charge in [0.1, 0.15) is 12.6 Å². The van der Waals surface area contributed by atoms with Crippen LogP contribution in [0.4, 0.5) is 5.69 Å². The third-order valence-corrected chi connectivity index (χ3v) is 7.76. The average Bonchev–Trinajstić information content (AvgIpc) is 2.93. The zero-order valence-corrected chi connectivity index (χ0v) is 26.3. The van der Waals surface area contributed by atoms with Gasteiger partial charge in [0.25, 0.3) is 0 Å². The Balaban J connectivity index is 2.09. The van der Waals surface area contributed by atoms with Crippen LogP contribution in [0.1, 0.15) is 31.9 Å². The molecule has 0 heterocycles. The molecule has 0 saturated heterocycles. The van der Waals surface area contributed by atoms with E-state index in [0.717, 1.165) is 21.7 Å². The number of anilines is 1. The van der Waals surface area contributed by atoms with E-state index in [1.165, 1.54) is 31.3 Å². The SMILES string of the molecule is COc1ccc(N(CC(=O)N(Cc2ccc(Cl)cc2)C(Cc2ccccc2)C(=O)NC(C)(C)C)S(C)(=O)=O)cc1OC. The quantitative estimate of drug-likeness (QED) is 0.317. The van der Waals surface area contributed by atoms with Crippen molar-refractivity contribution in [2.45, 2.75) is 45.3 Å². The number of carbonyl (C=O) groups is 2. The fourth-order valence-corrected chi connectivity index (χ4v) is 5.35. The third-order valence-electron chi connectivity index (χ3n) is 6.37. The second-order valence-electron chi connectivity index (χ2n) is 10.9. The lowest BCUT2D eigenvalue weighted by Gasteiger charge is -2.35. The van der Waals surface area contributed by atoms with Crippen LogP contribution in [0.2, 0.25) is 5.02 Å². The zero-order valence-electron chi connectivity index (χ0n) is 24.8. The van der Waals surface area contributed by atoms with Gasteiger partial charge >= 0.3 is 0 Å². The standard InChI is InChI=1S/C31H38ClN3O6S/c1-31(2,3)33-30(37)26(18-22-10-8-7-9-11-22)34(20-23-12-14-24(32)15-13-23)29(36)21-35(42(6,38)39)25-16-17-27(40-4)28(19-25)41-5/h7-17,19,26H,18,20-21H2,1-6H3,(H,33,37). The van der Waals surface area contributed by atoms with Crippen LogP contribution in [0.25, 0.3) is 0 Å². The Morgan fingerprint density at radius 3 is 2.07 bits per heavy atom. The second-order valence-corrected chi connectivity index (χ2v) is 13.2. The minimum Gasteiger partial charge on any atom is -0.493 e. The van der Waals surface area contributed by atoms with Crippen molar-refractivity contribution in [3.05, 3.63) is 88.9 Å². The first-order valence-corrected chi connectivity index (χ1v) is 15.5. The summed E-state index contributed by atoms with van der Waals surface area (Å²) in [5.74, 6) is -0.200. The Morgan fingerprint density at radius 1 is 0.905 bits per heavy atom. The van der Waals surface area contributed by atoms with E-state index in [4.69, 9.17) is 21.1 Å². The summed E-state index contributed by atoms with van der Waals surface area (Å²) in [4.78, 5) is 29.4. The molecular formula is C31H38ClN3O6S. The van der Waals surface area contributed by atoms with Gasteiger partial charge in [-0.3, -0.25) is 13.9 Å². The van der Waals surface area contributed by atoms with Gasteiger partial charge in [-0.15, -0.1) is 0 Å². The Hall–Kier alpha value is -3.76. The van der Waals surface area contributed by atoms with Crippen molar-refractivity contribution in [3.8, 4) is 11.5 Å². The molecule has 226 valence electrons. The molecule has 0 radical (unpaired) electrons. The Morgan fingerprint density at radius 2 is 1.52 bits per heavy atom. The summed E-state index contributed by atoms with van der Waals surface area (Å²) in [6, 6.07) is 20.0. The van der Waals surface area contributed by atoms with Crippen molar-refractivity contribution in [2.75, 3.05) is 31.3 Å². The summed E-state index contributed by atoms with van der Waals surface area (Å²) in [7, 11) is -1.02. The van der Waals surface area contributed by atoms with Crippen LogP contribution in [0.3, 0.4) is 0 Å². The summed E-state index contributed by atoms with van der Waals surface area (Å²) in [6.07, 6.45) is 1.24. The van der Waals surface area contributed by atoms with E-state index in [2.05, 4.69) is 5.32 Å². The number of sulfonamides is 1. The van der Waals surface area contributed by atoms with Crippen molar-refractivity contribution < 1.29 is 27.5 Å². The van der Waals surface area contributed by atoms with E-state index in [9.17, 15) is 18.0 Å². The number of nitrogens with one attached hydrogen (secondary N) is 1. The highest BCUT2D eigenvalue weighted by Gasteiger charge is 2.34. The zero-order chi connectivity index (χ0) is 31.1. The van der Waals surface area contributed by atoms with Gasteiger partial charge in [0.15, 0.2) is 11.5 Å². The first-order valence-electron chi connectivity index (χ1n) is 13.3. The maximum Gasteiger partial charge on any atom is 0.244 e. The molecule has 0 saturated carbocycles. The van der Waals surface area contributed by atoms with Crippen LogP contribution in [0.5, 0.6) is 11.5 Å². The van der Waals surface area contributed by atoms with Gasteiger partial charge in [0.2, 0.25) is 21.8 Å². The predicted molar refractivity (Wildman–Crippen MR) is 166 cm³/mol. The van der Waals surface area contributed by atoms with Gasteiger partial charge in [-0.25, -0.2) is 8.42 Å². The average molecular weight is 616 g/mol. The van der Waals surface area contributed by atoms with Crippen LogP contribution in [-0.4, -0.2) is 63.7 Å². The van der Waals surface area contributed by atoms with Gasteiger partial charge in [-0.1, -0.05) is 54.1 Å². The maximum absolute atomic E-state index is 14.2. The van der Waals surface area contributed by atoms with Crippen molar-refractivity contribution in [1.82, 2.24) is 10.2 Å². The summed E-state index contributed by atoms with van der Waals surface area (Å²) in [6.45, 7) is 5.08. The third kappa shape index (κ3) is 9.12. The van der Waals surface area contributed by atoms with Gasteiger partial charge in [-0.2, -0.15) is 0 Å². The molecule has 0 aliphatic carbocycles. The lowest BCUT2D eigenvalue weighted by Crippen LogP contribution is -2.56. The number of amides is 2. The highest BCUT2D eigenvalue weighted by Crippen LogP contribution is 2.32. The maximum atomic E-state index is 14.2. The molecule has 1 N–H and O–H groups in total. The summed E-state index contributed by atoms with van der Waals surface area (Å²) >= 11 is 6.10. The van der Waals surface area contributed by atoms with Crippen LogP contribution in [0, 0.1) is 0 Å². The van der Waals surface area contributed by atoms with Crippen LogP contribution < -0.4 is 19.1 Å². The van der Waals surface area contributed by atoms with Gasteiger partial charge in [-0.05, 0) is 56.2 Å². The fourth-order valence-electron chi connectivity index (χ4n) is 4.39. The molecule has 11 heteroatoms. The molecule has 0 bridgehead atoms. The van der Waals surface area contributed by atoms with E-state index in [0.29, 0.717) is 16.5 Å². The fraction of sp³-hybridized carbons (Fsp3) is 0.355. The summed E-state index contributed by atoms with van der Waals surface area (Å²) in [5, 5.41) is 3.52. The number of benzene rings is 3. The van der Waals surface area contributed by atoms with Crippen LogP contribution >= 0.6 is 11.6 Å². The molecule has 3 aromatic rings. The molecule has 0 fully saturated rings. The van der Waals surface area contributed by atoms with Crippen molar-refractivity contribution in [3.63, 3.8) is 0 Å². The molecule has 3 rings (SSSR count). The summed E-state index contributed by atoms with van der Waals surface area (Å²) in [5.41, 5.74) is 1.22. The van der Waals surface area contributed by atoms with Crippen molar-refractivity contribution in [2.24, 2.45) is 0 Å². The number of rotatable bonds is 12. The minimum absolute atomic E-state index is 0.0502. The predicted octanol–water partition coefficient (Wildman–Crippen LogP) is 4.68. The van der Waals surface area contributed by atoms with Crippen LogP contribution in [-0.2, 0) is 32.6 Å². The lowest BCUT2D eigenvalue weighted by molar-refractivity contribution is -0.140. The van der Waals surface area contributed by atoms with E-state index in [-0.39, 0.29) is 24.6 Å². The van der Waals surface area contributed by atoms with Crippen molar-refractivity contribution in [1.29, 1.82) is 0 Å². The minimum atomic E-state index is -3.93. The van der Waals surface area contributed by atoms with Gasteiger partial charge < -0.3 is 19.7 Å². The smallest absolute Gasteiger partial charge is 0.244 e. The Labute approximate surface area is 253 Å². The van der Waals surface area contributed by atoms with E-state index < -0.39 is 34.1 Å². The molecule has 0 spiro atoms. The molecule has 1 unspecified atom stereocenters. The van der Waals surface area contributed by atoms with Gasteiger partial charge in [0, 0.05) is 29.6 Å². The topological polar surface area (TPSA) is 105 Å². The number of carbonyl (C=O) groups excluding carboxylic acids is 2. The Kier molecular flexibility index (Phi) is 10.9. The largest absolute Gasteiger partial charge is 0.493 e. The normalized spacial score (nSPS) is 12.3. The Bertz CT molecular complexity index is 1470. The van der Waals surface area contributed by atoms with Crippen LogP contribution in [0.15, 0.2) is 72.8 Å². The number of halogens is 1.